The van der Waals surface area contributed by atoms with Gasteiger partial charge in [-0.3, -0.25) is 4.79 Å². The fraction of sp³-hybridized carbons (Fsp3) is 0.214. The second-order valence-corrected chi connectivity index (χ2v) is 4.59. The molecular formula is C14H15ClN2O. The molecular weight excluding hydrogens is 248 g/mol. The maximum absolute atomic E-state index is 12.0. The van der Waals surface area contributed by atoms with E-state index in [-0.39, 0.29) is 5.91 Å². The lowest BCUT2D eigenvalue weighted by atomic mass is 10.2. The zero-order valence-electron chi connectivity index (χ0n) is 10.4. The Labute approximate surface area is 111 Å². The average molecular weight is 263 g/mol. The average Bonchev–Trinajstić information content (AvgIpc) is 2.68. The molecule has 1 aromatic carbocycles. The number of aromatic nitrogens is 1. The summed E-state index contributed by atoms with van der Waals surface area (Å²) in [5.41, 5.74) is 2.73. The smallest absolute Gasteiger partial charge is 0.253 e. The third-order valence-electron chi connectivity index (χ3n) is 3.03. The predicted octanol–water partition coefficient (Wildman–Crippen LogP) is 2.92. The van der Waals surface area contributed by atoms with E-state index in [1.807, 2.05) is 30.7 Å². The molecule has 0 radical (unpaired) electrons. The Kier molecular flexibility index (Phi) is 3.72. The molecule has 0 fully saturated rings. The minimum Gasteiger partial charge on any atom is -0.350 e. The molecule has 2 rings (SSSR count). The van der Waals surface area contributed by atoms with E-state index in [1.165, 1.54) is 0 Å². The minimum absolute atomic E-state index is 0.153. The molecule has 0 unspecified atom stereocenters. The number of benzene rings is 1. The quantitative estimate of drug-likeness (QED) is 0.907. The van der Waals surface area contributed by atoms with Crippen molar-refractivity contribution in [2.45, 2.75) is 13.5 Å². The second-order valence-electron chi connectivity index (χ2n) is 4.19. The van der Waals surface area contributed by atoms with Crippen LogP contribution in [0.3, 0.4) is 0 Å². The molecule has 0 saturated heterocycles. The van der Waals surface area contributed by atoms with E-state index in [9.17, 15) is 4.79 Å². The number of amides is 1. The highest BCUT2D eigenvalue weighted by atomic mass is 35.5. The van der Waals surface area contributed by atoms with Gasteiger partial charge in [-0.05, 0) is 31.2 Å². The molecule has 94 valence electrons. The van der Waals surface area contributed by atoms with Crippen molar-refractivity contribution in [2.75, 3.05) is 0 Å². The van der Waals surface area contributed by atoms with Crippen molar-refractivity contribution in [3.63, 3.8) is 0 Å². The van der Waals surface area contributed by atoms with Gasteiger partial charge in [-0.1, -0.05) is 23.7 Å². The zero-order chi connectivity index (χ0) is 13.1. The van der Waals surface area contributed by atoms with Crippen molar-refractivity contribution in [2.24, 2.45) is 7.05 Å². The summed E-state index contributed by atoms with van der Waals surface area (Å²) in [4.78, 5) is 12.0. The number of hydrogen-bond donors (Lipinski definition) is 1. The largest absolute Gasteiger partial charge is 0.350 e. The van der Waals surface area contributed by atoms with E-state index >= 15 is 0 Å². The lowest BCUT2D eigenvalue weighted by Crippen LogP contribution is -2.24. The highest BCUT2D eigenvalue weighted by Crippen LogP contribution is 2.14. The molecule has 1 amide bonds. The van der Waals surface area contributed by atoms with E-state index in [2.05, 4.69) is 5.32 Å². The molecule has 4 heteroatoms. The number of rotatable bonds is 3. The lowest BCUT2D eigenvalue weighted by molar-refractivity contribution is 0.0950. The molecule has 1 aromatic heterocycles. The molecule has 0 spiro atoms. The van der Waals surface area contributed by atoms with E-state index in [4.69, 9.17) is 11.6 Å². The molecule has 18 heavy (non-hydrogen) atoms. The topological polar surface area (TPSA) is 34.0 Å². The Morgan fingerprint density at radius 1 is 1.28 bits per heavy atom. The van der Waals surface area contributed by atoms with E-state index in [0.717, 1.165) is 11.4 Å². The van der Waals surface area contributed by atoms with Crippen LogP contribution < -0.4 is 5.32 Å². The van der Waals surface area contributed by atoms with Crippen LogP contribution >= 0.6 is 11.6 Å². The number of nitrogens with one attached hydrogen (secondary N) is 1. The number of carbonyl (C=O) groups excluding carboxylic acids is 1. The van der Waals surface area contributed by atoms with E-state index in [1.54, 1.807) is 24.3 Å². The Balaban J connectivity index is 2.05. The minimum atomic E-state index is -0.153. The Morgan fingerprint density at radius 3 is 2.61 bits per heavy atom. The lowest BCUT2D eigenvalue weighted by Gasteiger charge is -2.08. The highest BCUT2D eigenvalue weighted by Gasteiger charge is 2.09. The van der Waals surface area contributed by atoms with Crippen LogP contribution in [0.15, 0.2) is 36.4 Å². The van der Waals surface area contributed by atoms with Crippen molar-refractivity contribution in [1.29, 1.82) is 0 Å². The van der Waals surface area contributed by atoms with Crippen molar-refractivity contribution in [3.05, 3.63) is 58.4 Å². The van der Waals surface area contributed by atoms with Crippen molar-refractivity contribution >= 4 is 17.5 Å². The van der Waals surface area contributed by atoms with Crippen LogP contribution in [0.5, 0.6) is 0 Å². The molecule has 0 aliphatic carbocycles. The molecule has 0 aliphatic rings. The van der Waals surface area contributed by atoms with Crippen LogP contribution in [0.25, 0.3) is 0 Å². The summed E-state index contributed by atoms with van der Waals surface area (Å²) < 4.78 is 2.05. The number of nitrogens with zero attached hydrogens (tertiary/aromatic N) is 1. The summed E-state index contributed by atoms with van der Waals surface area (Å²) in [6.07, 6.45) is 0. The molecule has 3 nitrogen and oxygen atoms in total. The van der Waals surface area contributed by atoms with Gasteiger partial charge in [0.1, 0.15) is 0 Å². The third kappa shape index (κ3) is 2.57. The summed E-state index contributed by atoms with van der Waals surface area (Å²) in [6, 6.07) is 11.1. The normalized spacial score (nSPS) is 10.4. The second kappa shape index (κ2) is 5.27. The Hall–Kier alpha value is -1.74. The van der Waals surface area contributed by atoms with Gasteiger partial charge in [0, 0.05) is 18.4 Å². The number of hydrogen-bond acceptors (Lipinski definition) is 1. The molecule has 2 aromatic rings. The Bertz CT molecular complexity index is 575. The van der Waals surface area contributed by atoms with Crippen LogP contribution in [-0.4, -0.2) is 10.5 Å². The summed E-state index contributed by atoms with van der Waals surface area (Å²) >= 11 is 5.97. The molecule has 0 aliphatic heterocycles. The molecule has 1 N–H and O–H groups in total. The van der Waals surface area contributed by atoms with Gasteiger partial charge in [0.05, 0.1) is 17.1 Å². The first-order chi connectivity index (χ1) is 8.59. The highest BCUT2D eigenvalue weighted by molar-refractivity contribution is 6.33. The number of carbonyl (C=O) groups is 1. The van der Waals surface area contributed by atoms with Gasteiger partial charge >= 0.3 is 0 Å². The van der Waals surface area contributed by atoms with E-state index in [0.29, 0.717) is 17.1 Å². The monoisotopic (exact) mass is 262 g/mol. The summed E-state index contributed by atoms with van der Waals surface area (Å²) in [5.74, 6) is -0.153. The van der Waals surface area contributed by atoms with Crippen LogP contribution in [-0.2, 0) is 13.6 Å². The van der Waals surface area contributed by atoms with Crippen molar-refractivity contribution < 1.29 is 4.79 Å². The van der Waals surface area contributed by atoms with Crippen LogP contribution in [0.4, 0.5) is 0 Å². The van der Waals surface area contributed by atoms with Gasteiger partial charge in [0.15, 0.2) is 0 Å². The maximum atomic E-state index is 12.0. The van der Waals surface area contributed by atoms with Gasteiger partial charge in [-0.25, -0.2) is 0 Å². The summed E-state index contributed by atoms with van der Waals surface area (Å²) in [6.45, 7) is 2.52. The predicted molar refractivity (Wildman–Crippen MR) is 72.8 cm³/mol. The molecule has 0 saturated carbocycles. The number of halogens is 1. The van der Waals surface area contributed by atoms with Crippen LogP contribution in [0.1, 0.15) is 21.7 Å². The first kappa shape index (κ1) is 12.7. The Morgan fingerprint density at radius 2 is 2.00 bits per heavy atom. The van der Waals surface area contributed by atoms with Gasteiger partial charge < -0.3 is 9.88 Å². The fourth-order valence-electron chi connectivity index (χ4n) is 1.76. The first-order valence-corrected chi connectivity index (χ1v) is 6.11. The van der Waals surface area contributed by atoms with Gasteiger partial charge in [0.25, 0.3) is 5.91 Å². The standard InChI is InChI=1S/C14H15ClN2O/c1-10-7-8-11(17(10)2)9-16-14(18)12-5-3-4-6-13(12)15/h3-8H,9H2,1-2H3,(H,16,18). The number of aryl methyl sites for hydroxylation is 1. The third-order valence-corrected chi connectivity index (χ3v) is 3.35. The summed E-state index contributed by atoms with van der Waals surface area (Å²) in [5, 5.41) is 3.34. The SMILES string of the molecule is Cc1ccc(CNC(=O)c2ccccc2Cl)n1C. The van der Waals surface area contributed by atoms with Crippen LogP contribution in [0, 0.1) is 6.92 Å². The van der Waals surface area contributed by atoms with Crippen molar-refractivity contribution in [3.8, 4) is 0 Å². The molecule has 0 atom stereocenters. The molecule has 0 bridgehead atoms. The van der Waals surface area contributed by atoms with Crippen LogP contribution in [0.2, 0.25) is 5.02 Å². The zero-order valence-corrected chi connectivity index (χ0v) is 11.2. The van der Waals surface area contributed by atoms with Gasteiger partial charge in [0.2, 0.25) is 0 Å². The van der Waals surface area contributed by atoms with Crippen molar-refractivity contribution in [1.82, 2.24) is 9.88 Å². The van der Waals surface area contributed by atoms with Gasteiger partial charge in [-0.2, -0.15) is 0 Å². The van der Waals surface area contributed by atoms with Gasteiger partial charge in [-0.15, -0.1) is 0 Å². The fourth-order valence-corrected chi connectivity index (χ4v) is 1.98. The van der Waals surface area contributed by atoms with E-state index < -0.39 is 0 Å². The molecule has 1 heterocycles. The maximum Gasteiger partial charge on any atom is 0.253 e. The summed E-state index contributed by atoms with van der Waals surface area (Å²) in [7, 11) is 1.98. The first-order valence-electron chi connectivity index (χ1n) is 5.73.